The lowest BCUT2D eigenvalue weighted by Gasteiger charge is -2.30. The fourth-order valence-electron chi connectivity index (χ4n) is 4.32. The highest BCUT2D eigenvalue weighted by Crippen LogP contribution is 2.37. The number of carbonyl (C=O) groups excluding carboxylic acids is 2. The number of terminal acetylenes is 1. The van der Waals surface area contributed by atoms with Crippen LogP contribution in [0.1, 0.15) is 25.6 Å². The number of imidazole rings is 1. The number of aliphatic hydroxyl groups excluding tert-OH is 1. The summed E-state index contributed by atoms with van der Waals surface area (Å²) in [5.74, 6) is 0.386. The average Bonchev–Trinajstić information content (AvgIpc) is 3.42. The number of ketones is 1. The Bertz CT molecular complexity index is 1340. The number of nitrogens with zero attached hydrogens (tertiary/aromatic N) is 4. The lowest BCUT2D eigenvalue weighted by atomic mass is 9.90. The number of hydrogen-bond donors (Lipinski definition) is 2. The van der Waals surface area contributed by atoms with E-state index in [4.69, 9.17) is 38.0 Å². The maximum absolute atomic E-state index is 13.0. The third-order valence-corrected chi connectivity index (χ3v) is 6.40. The number of benzene rings is 1. The second kappa shape index (κ2) is 10.8. The first-order valence-corrected chi connectivity index (χ1v) is 11.9. The Labute approximate surface area is 217 Å². The molecular formula is C25H26ClN5O6. The summed E-state index contributed by atoms with van der Waals surface area (Å²) >= 11 is 5.96. The molecule has 12 heteroatoms. The van der Waals surface area contributed by atoms with E-state index in [1.54, 1.807) is 31.2 Å². The molecule has 3 heterocycles. The number of halogens is 1. The van der Waals surface area contributed by atoms with Crippen molar-refractivity contribution >= 4 is 40.3 Å². The summed E-state index contributed by atoms with van der Waals surface area (Å²) < 4.78 is 18.8. The Balaban J connectivity index is 1.63. The van der Waals surface area contributed by atoms with E-state index in [0.717, 1.165) is 0 Å². The van der Waals surface area contributed by atoms with Gasteiger partial charge in [-0.25, -0.2) is 9.78 Å². The van der Waals surface area contributed by atoms with Gasteiger partial charge in [0.2, 0.25) is 10.9 Å². The summed E-state index contributed by atoms with van der Waals surface area (Å²) in [4.78, 5) is 38.1. The Morgan fingerprint density at radius 3 is 2.70 bits per heavy atom. The van der Waals surface area contributed by atoms with Gasteiger partial charge in [0, 0.05) is 6.42 Å². The van der Waals surface area contributed by atoms with E-state index in [0.29, 0.717) is 5.56 Å². The van der Waals surface area contributed by atoms with Crippen molar-refractivity contribution in [2.45, 2.75) is 44.3 Å². The first-order chi connectivity index (χ1) is 17.7. The van der Waals surface area contributed by atoms with Gasteiger partial charge in [0.05, 0.1) is 25.5 Å². The number of anilines is 1. The van der Waals surface area contributed by atoms with Crippen LogP contribution in [0.15, 0.2) is 36.7 Å². The van der Waals surface area contributed by atoms with Crippen molar-refractivity contribution in [3.63, 3.8) is 0 Å². The van der Waals surface area contributed by atoms with Crippen LogP contribution in [0.25, 0.3) is 11.2 Å². The van der Waals surface area contributed by atoms with Gasteiger partial charge in [-0.3, -0.25) is 9.36 Å². The van der Waals surface area contributed by atoms with Gasteiger partial charge in [0.15, 0.2) is 23.5 Å². The van der Waals surface area contributed by atoms with E-state index in [-0.39, 0.29) is 41.9 Å². The van der Waals surface area contributed by atoms with Crippen LogP contribution < -0.4 is 5.73 Å². The summed E-state index contributed by atoms with van der Waals surface area (Å²) in [5.41, 5.74) is 5.17. The minimum absolute atomic E-state index is 0.0533. The normalized spacial score (nSPS) is 22.9. The van der Waals surface area contributed by atoms with Crippen LogP contribution in [0.2, 0.25) is 5.28 Å². The zero-order valence-electron chi connectivity index (χ0n) is 20.2. The zero-order chi connectivity index (χ0) is 26.7. The van der Waals surface area contributed by atoms with Gasteiger partial charge in [0.1, 0.15) is 17.7 Å². The van der Waals surface area contributed by atoms with Gasteiger partial charge in [-0.05, 0) is 31.0 Å². The molecule has 1 unspecified atom stereocenters. The van der Waals surface area contributed by atoms with Gasteiger partial charge in [-0.2, -0.15) is 9.97 Å². The van der Waals surface area contributed by atoms with Crippen LogP contribution in [0.3, 0.4) is 0 Å². The lowest BCUT2D eigenvalue weighted by Crippen LogP contribution is -2.52. The maximum Gasteiger partial charge on any atom is 0.346 e. The molecule has 3 aromatic rings. The highest BCUT2D eigenvalue weighted by molar-refractivity contribution is 6.28. The van der Waals surface area contributed by atoms with Crippen LogP contribution in [0.4, 0.5) is 5.82 Å². The van der Waals surface area contributed by atoms with E-state index in [2.05, 4.69) is 20.9 Å². The van der Waals surface area contributed by atoms with Crippen LogP contribution >= 0.6 is 11.6 Å². The van der Waals surface area contributed by atoms with Crippen molar-refractivity contribution in [1.82, 2.24) is 19.5 Å². The first kappa shape index (κ1) is 26.5. The molecule has 0 bridgehead atoms. The number of Topliss-reactive ketones (excluding diaryl/α,β-unsaturated/α-hetero) is 1. The number of esters is 1. The summed E-state index contributed by atoms with van der Waals surface area (Å²) in [6.45, 7) is 2.68. The maximum atomic E-state index is 13.0. The highest BCUT2D eigenvalue weighted by Gasteiger charge is 2.50. The molecule has 3 N–H and O–H groups in total. The Morgan fingerprint density at radius 2 is 2.05 bits per heavy atom. The number of carbonyl (C=O) groups is 2. The number of nitrogen functional groups attached to an aromatic ring is 1. The molecule has 1 fully saturated rings. The molecule has 4 rings (SSSR count). The molecular weight excluding hydrogens is 502 g/mol. The summed E-state index contributed by atoms with van der Waals surface area (Å²) in [5, 5.41) is 10.9. The molecule has 1 aliphatic rings. The van der Waals surface area contributed by atoms with Crippen LogP contribution in [-0.4, -0.2) is 67.4 Å². The third-order valence-electron chi connectivity index (χ3n) is 6.23. The molecule has 0 aliphatic carbocycles. The fourth-order valence-corrected chi connectivity index (χ4v) is 4.50. The number of aromatic nitrogens is 4. The molecule has 11 nitrogen and oxygen atoms in total. The molecule has 37 heavy (non-hydrogen) atoms. The molecule has 0 saturated carbocycles. The Morgan fingerprint density at radius 1 is 1.32 bits per heavy atom. The SMILES string of the molecule is C#C[C@@H]1[C@@H](O)[C@H](n2cnc3c(N)nc(Cl)nc32)O[C@@H]1COC(Cc1ccccc1)(C(C)=O)C(=O)OCC. The van der Waals surface area contributed by atoms with Crippen molar-refractivity contribution in [3.8, 4) is 12.3 Å². The number of hydrogen-bond acceptors (Lipinski definition) is 10. The molecule has 0 radical (unpaired) electrons. The van der Waals surface area contributed by atoms with Crippen molar-refractivity contribution in [2.75, 3.05) is 18.9 Å². The van der Waals surface area contributed by atoms with Crippen molar-refractivity contribution in [2.24, 2.45) is 5.92 Å². The topological polar surface area (TPSA) is 152 Å². The predicted molar refractivity (Wildman–Crippen MR) is 133 cm³/mol. The molecule has 2 aromatic heterocycles. The fraction of sp³-hybridized carbons (Fsp3) is 0.400. The summed E-state index contributed by atoms with van der Waals surface area (Å²) in [7, 11) is 0. The molecule has 1 aromatic carbocycles. The van der Waals surface area contributed by atoms with E-state index in [9.17, 15) is 14.7 Å². The smallest absolute Gasteiger partial charge is 0.346 e. The van der Waals surface area contributed by atoms with Crippen LogP contribution in [0.5, 0.6) is 0 Å². The zero-order valence-corrected chi connectivity index (χ0v) is 21.0. The highest BCUT2D eigenvalue weighted by atomic mass is 35.5. The van der Waals surface area contributed by atoms with E-state index < -0.39 is 41.7 Å². The van der Waals surface area contributed by atoms with Gasteiger partial charge < -0.3 is 25.1 Å². The van der Waals surface area contributed by atoms with E-state index in [1.165, 1.54) is 17.8 Å². The lowest BCUT2D eigenvalue weighted by molar-refractivity contribution is -0.181. The Kier molecular flexibility index (Phi) is 7.75. The van der Waals surface area contributed by atoms with E-state index >= 15 is 0 Å². The number of nitrogens with two attached hydrogens (primary N) is 1. The van der Waals surface area contributed by atoms with Gasteiger partial charge in [-0.1, -0.05) is 36.3 Å². The number of fused-ring (bicyclic) bond motifs is 1. The quantitative estimate of drug-likeness (QED) is 0.182. The first-order valence-electron chi connectivity index (χ1n) is 11.5. The van der Waals surface area contributed by atoms with Crippen molar-refractivity contribution in [3.05, 3.63) is 47.5 Å². The molecule has 0 amide bonds. The van der Waals surface area contributed by atoms with Gasteiger partial charge in [0.25, 0.3) is 0 Å². The summed E-state index contributed by atoms with van der Waals surface area (Å²) in [6.07, 6.45) is 3.94. The monoisotopic (exact) mass is 527 g/mol. The standard InChI is InChI=1S/C25H26ClN5O6/c1-4-16-17(37-22(19(16)33)31-13-28-18-20(27)29-24(26)30-21(18)31)12-36-25(14(3)32,23(34)35-5-2)11-15-9-7-6-8-10-15/h1,6-10,13,16-17,19,22,33H,5,11-12H2,2-3H3,(H2,27,29,30)/t16-,17+,19+,22+,25?/m0/s1. The third kappa shape index (κ3) is 5.01. The second-order valence-electron chi connectivity index (χ2n) is 8.53. The average molecular weight is 528 g/mol. The van der Waals surface area contributed by atoms with E-state index in [1.807, 2.05) is 6.07 Å². The molecule has 1 saturated heterocycles. The number of ether oxygens (including phenoxy) is 3. The van der Waals surface area contributed by atoms with Crippen LogP contribution in [0, 0.1) is 18.3 Å². The predicted octanol–water partition coefficient (Wildman–Crippen LogP) is 1.72. The largest absolute Gasteiger partial charge is 0.463 e. The summed E-state index contributed by atoms with van der Waals surface area (Å²) in [6, 6.07) is 8.96. The minimum atomic E-state index is -1.93. The Hall–Kier alpha value is -3.56. The number of aliphatic hydroxyl groups is 1. The van der Waals surface area contributed by atoms with Gasteiger partial charge >= 0.3 is 5.97 Å². The van der Waals surface area contributed by atoms with Crippen LogP contribution in [-0.2, 0) is 30.2 Å². The molecule has 1 aliphatic heterocycles. The van der Waals surface area contributed by atoms with Crippen molar-refractivity contribution < 1.29 is 28.9 Å². The molecule has 5 atom stereocenters. The van der Waals surface area contributed by atoms with Crippen molar-refractivity contribution in [1.29, 1.82) is 0 Å². The molecule has 0 spiro atoms. The molecule has 194 valence electrons. The second-order valence-corrected chi connectivity index (χ2v) is 8.87. The minimum Gasteiger partial charge on any atom is -0.463 e. The van der Waals surface area contributed by atoms with Gasteiger partial charge in [-0.15, -0.1) is 6.42 Å². The number of rotatable bonds is 9.